The molecule has 2 heterocycles. The van der Waals surface area contributed by atoms with E-state index in [0.717, 1.165) is 27.9 Å². The molecular weight excluding hydrogens is 282 g/mol. The fourth-order valence-corrected chi connectivity index (χ4v) is 2.79. The van der Waals surface area contributed by atoms with Crippen molar-refractivity contribution in [1.29, 1.82) is 0 Å². The lowest BCUT2D eigenvalue weighted by atomic mass is 10.1. The van der Waals surface area contributed by atoms with E-state index in [2.05, 4.69) is 72.5 Å². The first-order valence-corrected chi connectivity index (χ1v) is 7.68. The third-order valence-electron chi connectivity index (χ3n) is 4.07. The van der Waals surface area contributed by atoms with Gasteiger partial charge in [-0.05, 0) is 25.0 Å². The van der Waals surface area contributed by atoms with E-state index < -0.39 is 0 Å². The number of hydrogen-bond donors (Lipinski definition) is 0. The highest BCUT2D eigenvalue weighted by Gasteiger charge is 2.09. The zero-order chi connectivity index (χ0) is 15.8. The van der Waals surface area contributed by atoms with Gasteiger partial charge in [-0.3, -0.25) is 0 Å². The summed E-state index contributed by atoms with van der Waals surface area (Å²) < 4.78 is 1.85. The van der Waals surface area contributed by atoms with Crippen LogP contribution in [0.5, 0.6) is 0 Å². The molecule has 3 heteroatoms. The van der Waals surface area contributed by atoms with Gasteiger partial charge in [0.05, 0.1) is 6.20 Å². The van der Waals surface area contributed by atoms with Crippen LogP contribution in [0.25, 0.3) is 27.9 Å². The molecule has 3 nitrogen and oxygen atoms in total. The Bertz CT molecular complexity index is 981. The molecule has 0 saturated heterocycles. The van der Waals surface area contributed by atoms with E-state index in [-0.39, 0.29) is 0 Å². The monoisotopic (exact) mass is 299 g/mol. The van der Waals surface area contributed by atoms with Crippen molar-refractivity contribution in [3.05, 3.63) is 78.2 Å². The minimum atomic E-state index is 0.881. The molecule has 0 aliphatic rings. The van der Waals surface area contributed by atoms with Crippen LogP contribution in [0, 0.1) is 13.8 Å². The molecule has 2 aromatic carbocycles. The maximum Gasteiger partial charge on any atom is 0.162 e. The van der Waals surface area contributed by atoms with Crippen LogP contribution >= 0.6 is 0 Å². The van der Waals surface area contributed by atoms with Crippen LogP contribution < -0.4 is 0 Å². The summed E-state index contributed by atoms with van der Waals surface area (Å²) in [5.74, 6) is 0. The second-order valence-electron chi connectivity index (χ2n) is 5.90. The second kappa shape index (κ2) is 5.36. The van der Waals surface area contributed by atoms with Gasteiger partial charge < -0.3 is 0 Å². The molecule has 0 aliphatic heterocycles. The van der Waals surface area contributed by atoms with Crippen molar-refractivity contribution in [3.8, 4) is 22.3 Å². The molecule has 112 valence electrons. The highest BCUT2D eigenvalue weighted by atomic mass is 15.2. The number of benzene rings is 2. The largest absolute Gasteiger partial charge is 0.236 e. The van der Waals surface area contributed by atoms with Gasteiger partial charge in [0.15, 0.2) is 5.65 Å². The molecular formula is C20H17N3. The van der Waals surface area contributed by atoms with Crippen LogP contribution in [-0.2, 0) is 0 Å². The Morgan fingerprint density at radius 2 is 1.61 bits per heavy atom. The minimum absolute atomic E-state index is 0.881. The molecule has 0 amide bonds. The number of aromatic nitrogens is 3. The quantitative estimate of drug-likeness (QED) is 0.538. The molecule has 0 atom stereocenters. The lowest BCUT2D eigenvalue weighted by Crippen LogP contribution is -1.92. The molecule has 0 aliphatic carbocycles. The maximum atomic E-state index is 4.65. The predicted octanol–water partition coefficient (Wildman–Crippen LogP) is 4.68. The van der Waals surface area contributed by atoms with Gasteiger partial charge in [0.2, 0.25) is 0 Å². The lowest BCUT2D eigenvalue weighted by Gasteiger charge is -2.04. The van der Waals surface area contributed by atoms with E-state index in [0.29, 0.717) is 0 Å². The van der Waals surface area contributed by atoms with Crippen molar-refractivity contribution >= 4 is 5.65 Å². The molecule has 0 saturated carbocycles. The molecule has 0 spiro atoms. The van der Waals surface area contributed by atoms with Crippen molar-refractivity contribution in [1.82, 2.24) is 14.6 Å². The van der Waals surface area contributed by atoms with Crippen molar-refractivity contribution < 1.29 is 0 Å². The van der Waals surface area contributed by atoms with Crippen molar-refractivity contribution in [2.45, 2.75) is 13.8 Å². The van der Waals surface area contributed by atoms with Crippen molar-refractivity contribution in [2.24, 2.45) is 0 Å². The number of nitrogens with zero attached hydrogens (tertiary/aromatic N) is 3. The summed E-state index contributed by atoms with van der Waals surface area (Å²) in [6, 6.07) is 16.9. The molecule has 2 aromatic heterocycles. The van der Waals surface area contributed by atoms with Gasteiger partial charge in [0.25, 0.3) is 0 Å². The number of fused-ring (bicyclic) bond motifs is 1. The maximum absolute atomic E-state index is 4.65. The van der Waals surface area contributed by atoms with Crippen LogP contribution in [0.15, 0.2) is 67.1 Å². The Kier molecular flexibility index (Phi) is 3.19. The minimum Gasteiger partial charge on any atom is -0.236 e. The van der Waals surface area contributed by atoms with Gasteiger partial charge in [-0.2, -0.15) is 5.10 Å². The van der Waals surface area contributed by atoms with E-state index >= 15 is 0 Å². The molecule has 4 aromatic rings. The Hall–Kier alpha value is -2.94. The van der Waals surface area contributed by atoms with Gasteiger partial charge >= 0.3 is 0 Å². The van der Waals surface area contributed by atoms with E-state index in [9.17, 15) is 0 Å². The summed E-state index contributed by atoms with van der Waals surface area (Å²) in [5, 5.41) is 4.48. The second-order valence-corrected chi connectivity index (χ2v) is 5.90. The van der Waals surface area contributed by atoms with E-state index in [1.54, 1.807) is 0 Å². The van der Waals surface area contributed by atoms with Crippen LogP contribution in [0.2, 0.25) is 0 Å². The van der Waals surface area contributed by atoms with Crippen LogP contribution in [0.3, 0.4) is 0 Å². The molecule has 0 fully saturated rings. The van der Waals surface area contributed by atoms with Gasteiger partial charge in [-0.25, -0.2) is 9.50 Å². The van der Waals surface area contributed by atoms with E-state index in [1.165, 1.54) is 11.1 Å². The fourth-order valence-electron chi connectivity index (χ4n) is 2.79. The molecule has 0 bridgehead atoms. The summed E-state index contributed by atoms with van der Waals surface area (Å²) >= 11 is 0. The summed E-state index contributed by atoms with van der Waals surface area (Å²) in [5.41, 5.74) is 7.79. The number of rotatable bonds is 2. The normalized spacial score (nSPS) is 11.0. The first-order chi connectivity index (χ1) is 11.2. The summed E-state index contributed by atoms with van der Waals surface area (Å²) in [4.78, 5) is 4.65. The molecule has 0 N–H and O–H groups in total. The summed E-state index contributed by atoms with van der Waals surface area (Å²) in [6.07, 6.45) is 5.84. The van der Waals surface area contributed by atoms with Gasteiger partial charge in [-0.1, -0.05) is 59.7 Å². The van der Waals surface area contributed by atoms with Gasteiger partial charge in [0.1, 0.15) is 0 Å². The summed E-state index contributed by atoms with van der Waals surface area (Å²) in [6.45, 7) is 4.19. The first-order valence-electron chi connectivity index (χ1n) is 7.68. The topological polar surface area (TPSA) is 30.2 Å². The van der Waals surface area contributed by atoms with Gasteiger partial charge in [0, 0.05) is 23.5 Å². The molecule has 0 radical (unpaired) electrons. The summed E-state index contributed by atoms with van der Waals surface area (Å²) in [7, 11) is 0. The standard InChI is InChI=1S/C20H17N3/c1-14-6-8-16(9-7-14)18-11-21-20-19(12-22-23(20)13-18)17-5-3-4-15(2)10-17/h3-13H,1-2H3. The zero-order valence-electron chi connectivity index (χ0n) is 13.2. The van der Waals surface area contributed by atoms with Crippen LogP contribution in [0.1, 0.15) is 11.1 Å². The zero-order valence-corrected chi connectivity index (χ0v) is 13.2. The average molecular weight is 299 g/mol. The molecule has 23 heavy (non-hydrogen) atoms. The van der Waals surface area contributed by atoms with Crippen molar-refractivity contribution in [3.63, 3.8) is 0 Å². The lowest BCUT2D eigenvalue weighted by molar-refractivity contribution is 0.941. The Balaban J connectivity index is 1.81. The first kappa shape index (κ1) is 13.7. The Morgan fingerprint density at radius 3 is 2.39 bits per heavy atom. The average Bonchev–Trinajstić information content (AvgIpc) is 2.98. The van der Waals surface area contributed by atoms with Crippen molar-refractivity contribution in [2.75, 3.05) is 0 Å². The van der Waals surface area contributed by atoms with Gasteiger partial charge in [-0.15, -0.1) is 0 Å². The fraction of sp³-hybridized carbons (Fsp3) is 0.100. The van der Waals surface area contributed by atoms with E-state index in [4.69, 9.17) is 0 Å². The highest BCUT2D eigenvalue weighted by Crippen LogP contribution is 2.26. The number of aryl methyl sites for hydroxylation is 2. The molecule has 0 unspecified atom stereocenters. The third-order valence-corrected chi connectivity index (χ3v) is 4.07. The third kappa shape index (κ3) is 2.50. The Morgan fingerprint density at radius 1 is 0.783 bits per heavy atom. The van der Waals surface area contributed by atoms with E-state index in [1.807, 2.05) is 23.1 Å². The number of hydrogen-bond acceptors (Lipinski definition) is 2. The molecule has 4 rings (SSSR count). The smallest absolute Gasteiger partial charge is 0.162 e. The SMILES string of the molecule is Cc1ccc(-c2cnc3c(-c4cccc(C)c4)cnn3c2)cc1. The highest BCUT2D eigenvalue weighted by molar-refractivity contribution is 5.78. The van der Waals surface area contributed by atoms with Crippen LogP contribution in [-0.4, -0.2) is 14.6 Å². The predicted molar refractivity (Wildman–Crippen MR) is 93.3 cm³/mol. The Labute approximate surface area is 135 Å². The van der Waals surface area contributed by atoms with Crippen LogP contribution in [0.4, 0.5) is 0 Å².